The van der Waals surface area contributed by atoms with Gasteiger partial charge in [0, 0.05) is 24.2 Å². The molecular weight excluding hydrogens is 348 g/mol. The van der Waals surface area contributed by atoms with Crippen LogP contribution in [0.1, 0.15) is 29.1 Å². The fourth-order valence-electron chi connectivity index (χ4n) is 2.90. The quantitative estimate of drug-likeness (QED) is 0.644. The topological polar surface area (TPSA) is 72.1 Å². The second kappa shape index (κ2) is 7.29. The second-order valence-electron chi connectivity index (χ2n) is 6.01. The number of nitrogens with zero attached hydrogens (tertiary/aromatic N) is 4. The van der Waals surface area contributed by atoms with Gasteiger partial charge in [-0.15, -0.1) is 11.8 Å². The number of aromatic nitrogens is 3. The highest BCUT2D eigenvalue weighted by Crippen LogP contribution is 2.31. The Morgan fingerprint density at radius 3 is 2.81 bits per heavy atom. The van der Waals surface area contributed by atoms with Gasteiger partial charge in [-0.2, -0.15) is 4.98 Å². The average Bonchev–Trinajstić information content (AvgIpc) is 3.11. The van der Waals surface area contributed by atoms with Crippen LogP contribution in [-0.2, 0) is 0 Å². The van der Waals surface area contributed by atoms with E-state index in [1.807, 2.05) is 47.4 Å². The third kappa shape index (κ3) is 3.22. The van der Waals surface area contributed by atoms with E-state index < -0.39 is 0 Å². The Labute approximate surface area is 155 Å². The number of carbonyl (C=O) groups excluding carboxylic acids is 1. The molecule has 1 aliphatic rings. The first-order valence-electron chi connectivity index (χ1n) is 8.52. The van der Waals surface area contributed by atoms with Crippen molar-refractivity contribution in [3.05, 3.63) is 60.1 Å². The molecule has 0 radical (unpaired) electrons. The van der Waals surface area contributed by atoms with Crippen LogP contribution < -0.4 is 0 Å². The molecule has 1 aromatic carbocycles. The monoisotopic (exact) mass is 366 g/mol. The lowest BCUT2D eigenvalue weighted by Crippen LogP contribution is -2.48. The van der Waals surface area contributed by atoms with E-state index >= 15 is 0 Å². The Kier molecular flexibility index (Phi) is 4.71. The molecule has 1 amide bonds. The van der Waals surface area contributed by atoms with Gasteiger partial charge in [-0.1, -0.05) is 30.3 Å². The Morgan fingerprint density at radius 1 is 1.23 bits per heavy atom. The van der Waals surface area contributed by atoms with E-state index in [2.05, 4.69) is 22.0 Å². The number of thioether (sulfide) groups is 1. The summed E-state index contributed by atoms with van der Waals surface area (Å²) in [5, 5.41) is 4.00. The molecule has 1 fully saturated rings. The molecule has 0 unspecified atom stereocenters. The molecule has 4 rings (SSSR count). The third-order valence-electron chi connectivity index (χ3n) is 4.27. The van der Waals surface area contributed by atoms with Crippen LogP contribution in [0.3, 0.4) is 0 Å². The first-order valence-corrected chi connectivity index (χ1v) is 9.51. The number of pyridine rings is 1. The summed E-state index contributed by atoms with van der Waals surface area (Å²) < 4.78 is 5.38. The Balaban J connectivity index is 1.43. The van der Waals surface area contributed by atoms with Crippen molar-refractivity contribution < 1.29 is 9.32 Å². The first kappa shape index (κ1) is 16.8. The lowest BCUT2D eigenvalue weighted by Gasteiger charge is -2.37. The predicted octanol–water partition coefficient (Wildman–Crippen LogP) is 3.48. The summed E-state index contributed by atoms with van der Waals surface area (Å²) in [6.45, 7) is 3.27. The number of likely N-dealkylation sites (tertiary alicyclic amines) is 1. The predicted molar refractivity (Wildman–Crippen MR) is 99.0 cm³/mol. The third-order valence-corrected chi connectivity index (χ3v) is 5.23. The van der Waals surface area contributed by atoms with Crippen molar-refractivity contribution in [1.29, 1.82) is 0 Å². The zero-order valence-electron chi connectivity index (χ0n) is 14.3. The lowest BCUT2D eigenvalue weighted by atomic mass is 9.98. The van der Waals surface area contributed by atoms with Gasteiger partial charge in [0.15, 0.2) is 0 Å². The maximum Gasteiger partial charge on any atom is 0.255 e. The zero-order chi connectivity index (χ0) is 17.9. The fourth-order valence-corrected chi connectivity index (χ4v) is 3.69. The summed E-state index contributed by atoms with van der Waals surface area (Å²) in [4.78, 5) is 24.3. The van der Waals surface area contributed by atoms with Crippen molar-refractivity contribution in [2.45, 2.75) is 17.7 Å². The smallest absolute Gasteiger partial charge is 0.255 e. The Bertz CT molecular complexity index is 907. The van der Waals surface area contributed by atoms with Gasteiger partial charge >= 0.3 is 0 Å². The summed E-state index contributed by atoms with van der Waals surface area (Å²) in [6.07, 6.45) is 1.70. The molecule has 0 saturated carbocycles. The zero-order valence-corrected chi connectivity index (χ0v) is 15.1. The van der Waals surface area contributed by atoms with Crippen molar-refractivity contribution in [3.63, 3.8) is 0 Å². The van der Waals surface area contributed by atoms with Gasteiger partial charge in [-0.05, 0) is 30.0 Å². The summed E-state index contributed by atoms with van der Waals surface area (Å²) in [6, 6.07) is 13.3. The van der Waals surface area contributed by atoms with Gasteiger partial charge in [0.2, 0.25) is 11.7 Å². The van der Waals surface area contributed by atoms with E-state index in [0.717, 1.165) is 16.2 Å². The fraction of sp³-hybridized carbons (Fsp3) is 0.263. The van der Waals surface area contributed by atoms with Gasteiger partial charge in [0.1, 0.15) is 5.69 Å². The Hall–Kier alpha value is -2.67. The molecule has 26 heavy (non-hydrogen) atoms. The highest BCUT2D eigenvalue weighted by molar-refractivity contribution is 7.99. The van der Waals surface area contributed by atoms with Crippen LogP contribution in [0.15, 0.2) is 58.1 Å². The number of rotatable bonds is 5. The SMILES string of the molecule is CCSc1ccccc1C(=O)N1CC(c2nc(-c3ccccn3)no2)C1. The number of benzene rings is 1. The van der Waals surface area contributed by atoms with E-state index in [0.29, 0.717) is 30.5 Å². The molecule has 0 aliphatic carbocycles. The maximum atomic E-state index is 12.8. The molecule has 1 aliphatic heterocycles. The van der Waals surface area contributed by atoms with Crippen molar-refractivity contribution in [3.8, 4) is 11.5 Å². The van der Waals surface area contributed by atoms with Crippen LogP contribution in [0.2, 0.25) is 0 Å². The van der Waals surface area contributed by atoms with Crippen molar-refractivity contribution in [2.24, 2.45) is 0 Å². The molecule has 132 valence electrons. The van der Waals surface area contributed by atoms with E-state index in [-0.39, 0.29) is 11.8 Å². The standard InChI is InChI=1S/C19H18N4O2S/c1-2-26-16-9-4-3-7-14(16)19(24)23-11-13(12-23)18-21-17(22-25-18)15-8-5-6-10-20-15/h3-10,13H,2,11-12H2,1H3. The molecule has 2 aromatic heterocycles. The van der Waals surface area contributed by atoms with Crippen molar-refractivity contribution in [2.75, 3.05) is 18.8 Å². The molecule has 0 N–H and O–H groups in total. The summed E-state index contributed by atoms with van der Waals surface area (Å²) in [7, 11) is 0. The highest BCUT2D eigenvalue weighted by Gasteiger charge is 2.36. The minimum absolute atomic E-state index is 0.0577. The molecule has 0 bridgehead atoms. The molecule has 6 nitrogen and oxygen atoms in total. The van der Waals surface area contributed by atoms with Crippen LogP contribution in [0, 0.1) is 0 Å². The van der Waals surface area contributed by atoms with Crippen LogP contribution in [-0.4, -0.2) is 44.8 Å². The minimum Gasteiger partial charge on any atom is -0.338 e. The molecule has 1 saturated heterocycles. The van der Waals surface area contributed by atoms with Gasteiger partial charge in [0.05, 0.1) is 11.5 Å². The number of hydrogen-bond acceptors (Lipinski definition) is 6. The van der Waals surface area contributed by atoms with Crippen molar-refractivity contribution in [1.82, 2.24) is 20.0 Å². The molecule has 3 aromatic rings. The normalized spacial score (nSPS) is 14.3. The summed E-state index contributed by atoms with van der Waals surface area (Å²) >= 11 is 1.69. The summed E-state index contributed by atoms with van der Waals surface area (Å²) in [5.74, 6) is 2.11. The van der Waals surface area contributed by atoms with Gasteiger partial charge in [-0.25, -0.2) is 0 Å². The minimum atomic E-state index is 0.0577. The maximum absolute atomic E-state index is 12.8. The van der Waals surface area contributed by atoms with Crippen LogP contribution in [0.25, 0.3) is 11.5 Å². The second-order valence-corrected chi connectivity index (χ2v) is 7.31. The first-order chi connectivity index (χ1) is 12.8. The van der Waals surface area contributed by atoms with E-state index in [9.17, 15) is 4.79 Å². The largest absolute Gasteiger partial charge is 0.338 e. The van der Waals surface area contributed by atoms with Gasteiger partial charge in [-0.3, -0.25) is 9.78 Å². The highest BCUT2D eigenvalue weighted by atomic mass is 32.2. The average molecular weight is 366 g/mol. The van der Waals surface area contributed by atoms with Crippen LogP contribution in [0.4, 0.5) is 0 Å². The summed E-state index contributed by atoms with van der Waals surface area (Å²) in [5.41, 5.74) is 1.44. The van der Waals surface area contributed by atoms with Gasteiger partial charge in [0.25, 0.3) is 5.91 Å². The molecular formula is C19H18N4O2S. The Morgan fingerprint density at radius 2 is 2.04 bits per heavy atom. The van der Waals surface area contributed by atoms with Crippen LogP contribution >= 0.6 is 11.8 Å². The number of hydrogen-bond donors (Lipinski definition) is 0. The van der Waals surface area contributed by atoms with E-state index in [4.69, 9.17) is 4.52 Å². The van der Waals surface area contributed by atoms with Crippen molar-refractivity contribution >= 4 is 17.7 Å². The number of amides is 1. The van der Waals surface area contributed by atoms with E-state index in [1.165, 1.54) is 0 Å². The molecule has 0 spiro atoms. The molecule has 7 heteroatoms. The van der Waals surface area contributed by atoms with E-state index in [1.54, 1.807) is 18.0 Å². The lowest BCUT2D eigenvalue weighted by molar-refractivity contribution is 0.0565. The molecule has 0 atom stereocenters. The number of carbonyl (C=O) groups is 1. The molecule has 3 heterocycles. The van der Waals surface area contributed by atoms with Gasteiger partial charge < -0.3 is 9.42 Å². The van der Waals surface area contributed by atoms with Crippen LogP contribution in [0.5, 0.6) is 0 Å².